The summed E-state index contributed by atoms with van der Waals surface area (Å²) in [5.41, 5.74) is 0. The standard InChI is InChI=1S/C4H11O2P.2C2H6ClOP.CH3Cl2OP.4CH4/c1-4-7(3,5)6-2;3*1-5(2,3)4;;;;/h4H2,1-3H3;2*1-2H3;1H3;4*1H4. The van der Waals surface area contributed by atoms with Gasteiger partial charge in [0, 0.05) is 53.3 Å². The van der Waals surface area contributed by atoms with E-state index in [1.807, 2.05) is 6.92 Å². The zero-order chi connectivity index (χ0) is 19.4. The second-order valence-electron chi connectivity index (χ2n) is 4.67. The summed E-state index contributed by atoms with van der Waals surface area (Å²) >= 11 is 19.9. The smallest absolute Gasteiger partial charge is 0.250 e. The van der Waals surface area contributed by atoms with Crippen molar-refractivity contribution in [3.63, 3.8) is 0 Å². The molecular weight excluding hydrogens is 502 g/mol. The van der Waals surface area contributed by atoms with Gasteiger partial charge in [-0.05, 0) is 22.5 Å². The Morgan fingerprint density at radius 1 is 0.654 bits per heavy atom. The van der Waals surface area contributed by atoms with Gasteiger partial charge in [-0.2, -0.15) is 0 Å². The van der Waals surface area contributed by atoms with Gasteiger partial charge in [-0.1, -0.05) is 59.1 Å². The van der Waals surface area contributed by atoms with Crippen molar-refractivity contribution < 1.29 is 22.8 Å². The Hall–Kier alpha value is 2.04. The molecule has 0 radical (unpaired) electrons. The van der Waals surface area contributed by atoms with Crippen molar-refractivity contribution in [2.75, 3.05) is 53.3 Å². The molecule has 13 heteroatoms. The minimum absolute atomic E-state index is 0. The molecule has 0 saturated carbocycles. The molecule has 1 atom stereocenters. The second-order valence-corrected chi connectivity index (χ2v) is 23.3. The third-order valence-electron chi connectivity index (χ3n) is 0.961. The van der Waals surface area contributed by atoms with Crippen LogP contribution < -0.4 is 0 Å². The largest absolute Gasteiger partial charge is 0.332 e. The van der Waals surface area contributed by atoms with Crippen LogP contribution in [0.25, 0.3) is 0 Å². The Morgan fingerprint density at radius 3 is 0.769 bits per heavy atom. The highest BCUT2D eigenvalue weighted by Crippen LogP contribution is 2.52. The van der Waals surface area contributed by atoms with Gasteiger partial charge in [-0.15, -0.1) is 0 Å². The molecular formula is C13H42Cl4O5P4. The molecule has 0 aromatic carbocycles. The summed E-state index contributed by atoms with van der Waals surface area (Å²) in [6, 6.07) is 0. The van der Waals surface area contributed by atoms with Gasteiger partial charge in [-0.25, -0.2) is 0 Å². The molecule has 0 N–H and O–H groups in total. The summed E-state index contributed by atoms with van der Waals surface area (Å²) in [6.07, 6.45) is 0.628. The van der Waals surface area contributed by atoms with Crippen LogP contribution in [0, 0.1) is 0 Å². The predicted octanol–water partition coefficient (Wildman–Crippen LogP) is 9.92. The zero-order valence-corrected chi connectivity index (χ0v) is 20.7. The molecule has 0 bridgehead atoms. The van der Waals surface area contributed by atoms with Gasteiger partial charge in [0.25, 0.3) is 0 Å². The van der Waals surface area contributed by atoms with E-state index in [0.717, 1.165) is 0 Å². The second kappa shape index (κ2) is 23.3. The lowest BCUT2D eigenvalue weighted by atomic mass is 11.0. The van der Waals surface area contributed by atoms with E-state index in [2.05, 4.69) is 4.52 Å². The summed E-state index contributed by atoms with van der Waals surface area (Å²) in [5.74, 6) is -2.69. The normalized spacial score (nSPS) is 11.8. The molecule has 0 aliphatic carbocycles. The van der Waals surface area contributed by atoms with Crippen LogP contribution in [0.2, 0.25) is 0 Å². The van der Waals surface area contributed by atoms with Gasteiger partial charge in [0.1, 0.15) is 0 Å². The zero-order valence-electron chi connectivity index (χ0n) is 14.0. The number of hydrogen-bond donors (Lipinski definition) is 0. The number of halogens is 4. The van der Waals surface area contributed by atoms with Crippen LogP contribution >= 0.6 is 71.2 Å². The van der Waals surface area contributed by atoms with E-state index in [1.165, 1.54) is 40.4 Å². The third-order valence-corrected chi connectivity index (χ3v) is 2.88. The van der Waals surface area contributed by atoms with Gasteiger partial charge in [0.2, 0.25) is 5.85 Å². The maximum Gasteiger partial charge on any atom is 0.250 e. The van der Waals surface area contributed by atoms with Crippen LogP contribution in [0.4, 0.5) is 0 Å². The third kappa shape index (κ3) is 253. The highest BCUT2D eigenvalue weighted by Gasteiger charge is 2.07. The Balaban J connectivity index is -0.0000000266. The SMILES string of the molecule is C.C.C.C.CCP(C)(=O)OC.CP(=O)(Cl)Cl.CP(C)(=O)Cl.CP(C)(=O)Cl. The van der Waals surface area contributed by atoms with Crippen molar-refractivity contribution in [3.05, 3.63) is 0 Å². The van der Waals surface area contributed by atoms with Gasteiger partial charge in [0.05, 0.1) is 0 Å². The van der Waals surface area contributed by atoms with E-state index in [9.17, 15) is 18.3 Å². The molecule has 1 unspecified atom stereocenters. The molecule has 0 spiro atoms. The van der Waals surface area contributed by atoms with Gasteiger partial charge in [0.15, 0.2) is 20.4 Å². The van der Waals surface area contributed by atoms with E-state index < -0.39 is 26.2 Å². The molecule has 0 aromatic heterocycles. The maximum atomic E-state index is 10.7. The van der Waals surface area contributed by atoms with Crippen LogP contribution in [-0.4, -0.2) is 53.3 Å². The molecule has 172 valence electrons. The topological polar surface area (TPSA) is 77.5 Å². The first kappa shape index (κ1) is 51.1. The first-order valence-electron chi connectivity index (χ1n) is 5.70. The highest BCUT2D eigenvalue weighted by atomic mass is 35.9. The summed E-state index contributed by atoms with van der Waals surface area (Å²) in [6.45, 7) is 6.46. The average molecular weight is 544 g/mol. The summed E-state index contributed by atoms with van der Waals surface area (Å²) < 4.78 is 45.1. The Labute approximate surface area is 183 Å². The van der Waals surface area contributed by atoms with Crippen LogP contribution in [-0.2, 0) is 22.8 Å². The van der Waals surface area contributed by atoms with Crippen molar-refractivity contribution >= 4 is 71.2 Å². The molecule has 0 rings (SSSR count). The molecule has 0 aliphatic rings. The van der Waals surface area contributed by atoms with Crippen molar-refractivity contribution in [1.29, 1.82) is 0 Å². The molecule has 0 heterocycles. The van der Waals surface area contributed by atoms with E-state index >= 15 is 0 Å². The summed E-state index contributed by atoms with van der Waals surface area (Å²) in [5, 5.41) is 0. The number of rotatable bonds is 2. The van der Waals surface area contributed by atoms with Crippen LogP contribution in [0.5, 0.6) is 0 Å². The van der Waals surface area contributed by atoms with Crippen molar-refractivity contribution in [2.24, 2.45) is 0 Å². The Morgan fingerprint density at radius 2 is 0.769 bits per heavy atom. The Kier molecular flexibility index (Phi) is 45.8. The predicted molar refractivity (Wildman–Crippen MR) is 134 cm³/mol. The molecule has 0 fully saturated rings. The minimum Gasteiger partial charge on any atom is -0.332 e. The first-order valence-corrected chi connectivity index (χ1v) is 18.9. The average Bonchev–Trinajstić information content (AvgIpc) is 2.09. The van der Waals surface area contributed by atoms with Crippen LogP contribution in [0.15, 0.2) is 0 Å². The lowest BCUT2D eigenvalue weighted by Gasteiger charge is -2.04. The molecule has 0 aliphatic heterocycles. The molecule has 0 saturated heterocycles. The maximum absolute atomic E-state index is 10.7. The monoisotopic (exact) mass is 542 g/mol. The van der Waals surface area contributed by atoms with Gasteiger partial charge in [-0.3, -0.25) is 9.13 Å². The lowest BCUT2D eigenvalue weighted by molar-refractivity contribution is 0.400. The first-order chi connectivity index (χ1) is 9.12. The van der Waals surface area contributed by atoms with E-state index in [0.29, 0.717) is 6.16 Å². The summed E-state index contributed by atoms with van der Waals surface area (Å²) in [7, 11) is -0.678. The fourth-order valence-corrected chi connectivity index (χ4v) is 0.387. The van der Waals surface area contributed by atoms with E-state index in [1.54, 1.807) is 6.66 Å². The highest BCUT2D eigenvalue weighted by molar-refractivity contribution is 8.08. The quantitative estimate of drug-likeness (QED) is 0.324. The van der Waals surface area contributed by atoms with Gasteiger partial charge < -0.3 is 13.7 Å². The molecule has 5 nitrogen and oxygen atoms in total. The van der Waals surface area contributed by atoms with Gasteiger partial charge >= 0.3 is 0 Å². The van der Waals surface area contributed by atoms with Crippen molar-refractivity contribution in [3.8, 4) is 0 Å². The molecule has 0 aromatic rings. The van der Waals surface area contributed by atoms with E-state index in [-0.39, 0.29) is 29.7 Å². The van der Waals surface area contributed by atoms with Crippen molar-refractivity contribution in [2.45, 2.75) is 36.6 Å². The minimum atomic E-state index is -2.69. The summed E-state index contributed by atoms with van der Waals surface area (Å²) in [4.78, 5) is 0. The fourth-order valence-electron chi connectivity index (χ4n) is 0.129. The van der Waals surface area contributed by atoms with Crippen molar-refractivity contribution in [1.82, 2.24) is 0 Å². The van der Waals surface area contributed by atoms with E-state index in [4.69, 9.17) is 45.0 Å². The Bertz CT molecular complexity index is 377. The fraction of sp³-hybridized carbons (Fsp3) is 1.00. The van der Waals surface area contributed by atoms with Crippen LogP contribution in [0.3, 0.4) is 0 Å². The molecule has 0 amide bonds. The lowest BCUT2D eigenvalue weighted by Crippen LogP contribution is -1.82. The number of hydrogen-bond acceptors (Lipinski definition) is 5. The molecule has 26 heavy (non-hydrogen) atoms. The van der Waals surface area contributed by atoms with Crippen LogP contribution in [0.1, 0.15) is 36.6 Å².